The van der Waals surface area contributed by atoms with Gasteiger partial charge in [0, 0.05) is 12.1 Å². The summed E-state index contributed by atoms with van der Waals surface area (Å²) in [6.45, 7) is 0.159. The van der Waals surface area contributed by atoms with Crippen molar-refractivity contribution in [3.8, 4) is 11.4 Å². The van der Waals surface area contributed by atoms with Gasteiger partial charge in [-0.3, -0.25) is 4.79 Å². The highest BCUT2D eigenvalue weighted by Gasteiger charge is 2.21. The summed E-state index contributed by atoms with van der Waals surface area (Å²) in [5, 5.41) is 2.76. The van der Waals surface area contributed by atoms with E-state index in [0.29, 0.717) is 0 Å². The first-order valence-corrected chi connectivity index (χ1v) is 9.97. The first-order chi connectivity index (χ1) is 15.3. The quantitative estimate of drug-likeness (QED) is 0.285. The van der Waals surface area contributed by atoms with E-state index in [1.54, 1.807) is 0 Å². The number of rotatable bonds is 5. The lowest BCUT2D eigenvalue weighted by Crippen LogP contribution is -2.18. The molecule has 1 amide bonds. The van der Waals surface area contributed by atoms with Crippen molar-refractivity contribution in [3.63, 3.8) is 0 Å². The van der Waals surface area contributed by atoms with E-state index in [1.807, 2.05) is 30.3 Å². The molecule has 0 atom stereocenters. The highest BCUT2D eigenvalue weighted by Crippen LogP contribution is 2.27. The minimum Gasteiger partial charge on any atom is -0.318 e. The average Bonchev–Trinajstić information content (AvgIpc) is 3.18. The van der Waals surface area contributed by atoms with Crippen molar-refractivity contribution in [2.75, 3.05) is 5.32 Å². The molecule has 10 heteroatoms. The molecule has 0 saturated carbocycles. The van der Waals surface area contributed by atoms with E-state index in [2.05, 4.69) is 15.3 Å². The summed E-state index contributed by atoms with van der Waals surface area (Å²) >= 11 is 11.8. The van der Waals surface area contributed by atoms with Crippen LogP contribution in [0.1, 0.15) is 16.1 Å². The van der Waals surface area contributed by atoms with Crippen LogP contribution in [0.4, 0.5) is 18.9 Å². The van der Waals surface area contributed by atoms with Crippen LogP contribution < -0.4 is 5.32 Å². The number of pyridine rings is 1. The van der Waals surface area contributed by atoms with Gasteiger partial charge in [0.1, 0.15) is 16.7 Å². The largest absolute Gasteiger partial charge is 0.318 e. The van der Waals surface area contributed by atoms with E-state index >= 15 is 0 Å². The van der Waals surface area contributed by atoms with Crippen molar-refractivity contribution in [2.24, 2.45) is 0 Å². The molecule has 0 saturated heterocycles. The number of hydrogen-bond acceptors (Lipinski definition) is 3. The van der Waals surface area contributed by atoms with E-state index < -0.39 is 23.4 Å². The van der Waals surface area contributed by atoms with Crippen molar-refractivity contribution in [3.05, 3.63) is 99.8 Å². The zero-order valence-electron chi connectivity index (χ0n) is 16.1. The molecule has 0 bridgehead atoms. The van der Waals surface area contributed by atoms with Gasteiger partial charge in [0.05, 0.1) is 11.9 Å². The van der Waals surface area contributed by atoms with Crippen molar-refractivity contribution in [1.82, 2.24) is 14.5 Å². The molecule has 162 valence electrons. The molecule has 4 rings (SSSR count). The highest BCUT2D eigenvalue weighted by atomic mass is 35.5. The predicted octanol–water partition coefficient (Wildman–Crippen LogP) is 5.97. The second-order valence-electron chi connectivity index (χ2n) is 6.72. The lowest BCUT2D eigenvalue weighted by atomic mass is 10.1. The molecule has 0 aliphatic carbocycles. The molecule has 0 aliphatic rings. The molecular weight excluding hydrogens is 464 g/mol. The van der Waals surface area contributed by atoms with Crippen molar-refractivity contribution in [1.29, 1.82) is 0 Å². The molecule has 32 heavy (non-hydrogen) atoms. The maximum Gasteiger partial charge on any atom is 0.274 e. The predicted molar refractivity (Wildman–Crippen MR) is 115 cm³/mol. The molecule has 5 nitrogen and oxygen atoms in total. The normalized spacial score (nSPS) is 10.9. The number of aromatic nitrogens is 3. The van der Waals surface area contributed by atoms with E-state index in [4.69, 9.17) is 23.2 Å². The third-order valence-electron chi connectivity index (χ3n) is 4.58. The molecule has 2 aromatic heterocycles. The molecular formula is C22H13Cl2F3N4O. The number of carbonyl (C=O) groups is 1. The van der Waals surface area contributed by atoms with Crippen LogP contribution in [0.2, 0.25) is 10.3 Å². The number of imidazole rings is 1. The summed E-state index contributed by atoms with van der Waals surface area (Å²) in [4.78, 5) is 21.0. The smallest absolute Gasteiger partial charge is 0.274 e. The average molecular weight is 477 g/mol. The van der Waals surface area contributed by atoms with Crippen LogP contribution in [0.3, 0.4) is 0 Å². The van der Waals surface area contributed by atoms with E-state index in [9.17, 15) is 18.0 Å². The van der Waals surface area contributed by atoms with Crippen LogP contribution in [-0.2, 0) is 6.54 Å². The van der Waals surface area contributed by atoms with Gasteiger partial charge in [-0.15, -0.1) is 0 Å². The highest BCUT2D eigenvalue weighted by molar-refractivity contribution is 6.34. The molecule has 1 N–H and O–H groups in total. The van der Waals surface area contributed by atoms with E-state index in [1.165, 1.54) is 22.9 Å². The van der Waals surface area contributed by atoms with Gasteiger partial charge in [-0.1, -0.05) is 53.5 Å². The Kier molecular flexibility index (Phi) is 6.16. The number of hydrogen-bond donors (Lipinski definition) is 1. The molecule has 0 unspecified atom stereocenters. The van der Waals surface area contributed by atoms with Gasteiger partial charge < -0.3 is 9.88 Å². The van der Waals surface area contributed by atoms with Gasteiger partial charge in [0.2, 0.25) is 0 Å². The van der Waals surface area contributed by atoms with Gasteiger partial charge in [0.25, 0.3) is 5.91 Å². The molecule has 2 aromatic carbocycles. The monoisotopic (exact) mass is 476 g/mol. The van der Waals surface area contributed by atoms with Crippen LogP contribution in [0.15, 0.2) is 60.8 Å². The SMILES string of the molecule is O=C(Nc1ccc(Cl)nc1Cl)c1cnc(-c2cc(F)c(F)c(F)c2)n1Cc1ccccc1. The maximum absolute atomic E-state index is 13.9. The molecule has 0 aliphatic heterocycles. The Morgan fingerprint density at radius 3 is 2.34 bits per heavy atom. The first-order valence-electron chi connectivity index (χ1n) is 9.21. The third kappa shape index (κ3) is 4.46. The van der Waals surface area contributed by atoms with Crippen LogP contribution in [0.5, 0.6) is 0 Å². The molecule has 0 radical (unpaired) electrons. The fourth-order valence-electron chi connectivity index (χ4n) is 3.09. The number of benzene rings is 2. The summed E-state index contributed by atoms with van der Waals surface area (Å²) in [7, 11) is 0. The summed E-state index contributed by atoms with van der Waals surface area (Å²) in [6, 6.07) is 13.7. The van der Waals surface area contributed by atoms with Crippen LogP contribution in [0.25, 0.3) is 11.4 Å². The zero-order valence-corrected chi connectivity index (χ0v) is 17.6. The van der Waals surface area contributed by atoms with Gasteiger partial charge >= 0.3 is 0 Å². The number of carbonyl (C=O) groups excluding carboxylic acids is 1. The molecule has 4 aromatic rings. The fourth-order valence-corrected chi connectivity index (χ4v) is 3.48. The standard InChI is InChI=1S/C22H13Cl2F3N4O/c23-18-7-6-16(20(24)30-18)29-22(32)17-10-28-21(13-8-14(25)19(27)15(26)9-13)31(17)11-12-4-2-1-3-5-12/h1-10H,11H2,(H,29,32). The molecule has 2 heterocycles. The second-order valence-corrected chi connectivity index (χ2v) is 7.46. The third-order valence-corrected chi connectivity index (χ3v) is 5.08. The molecule has 0 fully saturated rings. The Morgan fingerprint density at radius 2 is 1.69 bits per heavy atom. The van der Waals surface area contributed by atoms with Crippen LogP contribution in [-0.4, -0.2) is 20.4 Å². The topological polar surface area (TPSA) is 59.8 Å². The van der Waals surface area contributed by atoms with Gasteiger partial charge in [-0.2, -0.15) is 0 Å². The lowest BCUT2D eigenvalue weighted by molar-refractivity contribution is 0.101. The minimum atomic E-state index is -1.59. The number of halogens is 5. The minimum absolute atomic E-state index is 0.0112. The van der Waals surface area contributed by atoms with Gasteiger partial charge in [0.15, 0.2) is 22.6 Å². The van der Waals surface area contributed by atoms with Crippen LogP contribution >= 0.6 is 23.2 Å². The number of amides is 1. The number of nitrogens with zero attached hydrogens (tertiary/aromatic N) is 3. The van der Waals surface area contributed by atoms with Crippen LogP contribution in [0, 0.1) is 17.5 Å². The van der Waals surface area contributed by atoms with E-state index in [0.717, 1.165) is 17.7 Å². The van der Waals surface area contributed by atoms with Gasteiger partial charge in [-0.25, -0.2) is 23.1 Å². The Morgan fingerprint density at radius 1 is 1.00 bits per heavy atom. The Hall–Kier alpha value is -3.36. The first kappa shape index (κ1) is 21.9. The van der Waals surface area contributed by atoms with E-state index in [-0.39, 0.29) is 39.6 Å². The maximum atomic E-state index is 13.9. The number of anilines is 1. The van der Waals surface area contributed by atoms with Crippen molar-refractivity contribution < 1.29 is 18.0 Å². The van der Waals surface area contributed by atoms with Gasteiger partial charge in [-0.05, 0) is 29.8 Å². The van der Waals surface area contributed by atoms with Crippen molar-refractivity contribution in [2.45, 2.75) is 6.54 Å². The summed E-state index contributed by atoms with van der Waals surface area (Å²) < 4.78 is 42.6. The number of nitrogens with one attached hydrogen (secondary N) is 1. The zero-order chi connectivity index (χ0) is 22.8. The second kappa shape index (κ2) is 9.02. The Labute approximate surface area is 190 Å². The van der Waals surface area contributed by atoms with Crippen molar-refractivity contribution >= 4 is 34.8 Å². The molecule has 0 spiro atoms. The Bertz CT molecular complexity index is 1290. The fraction of sp³-hybridized carbons (Fsp3) is 0.0455. The summed E-state index contributed by atoms with van der Waals surface area (Å²) in [6.07, 6.45) is 1.25. The Balaban J connectivity index is 1.77. The summed E-state index contributed by atoms with van der Waals surface area (Å²) in [5.41, 5.74) is 1.08. The summed E-state index contributed by atoms with van der Waals surface area (Å²) in [5.74, 6) is -4.82. The lowest BCUT2D eigenvalue weighted by Gasteiger charge is -2.13.